The van der Waals surface area contributed by atoms with Crippen molar-refractivity contribution in [1.29, 1.82) is 0 Å². The Kier molecular flexibility index (Phi) is 8.26. The second-order valence-electron chi connectivity index (χ2n) is 10.4. The highest BCUT2D eigenvalue weighted by atomic mass is 32.1. The summed E-state index contributed by atoms with van der Waals surface area (Å²) in [6.45, 7) is 3.96. The minimum absolute atomic E-state index is 0.0472. The standard InChI is InChI=1S/C26H31FN8O2S2/c1-2-26(27)14-35(15-26)20-8-4-7-19(29-20)12-21(36)30-25-34-32-23(39-25)18-6-3-5-16(11-18)13-28-33-24(38)31-22(37)17-9-10-17/h2,4,7-8,13,16-18H,1,3,5-6,9-12,14-15H2,(H,30,34,36)(H2,31,33,37,38)/b28-13-. The molecule has 2 atom stereocenters. The number of alkyl halides is 1. The summed E-state index contributed by atoms with van der Waals surface area (Å²) in [6, 6.07) is 5.40. The molecule has 0 bridgehead atoms. The van der Waals surface area contributed by atoms with Gasteiger partial charge in [-0.3, -0.25) is 15.0 Å². The minimum atomic E-state index is -1.38. The van der Waals surface area contributed by atoms with E-state index >= 15 is 0 Å². The number of rotatable bonds is 9. The molecule has 2 aromatic rings. The Bertz CT molecular complexity index is 1270. The number of nitrogens with one attached hydrogen (secondary N) is 3. The molecular formula is C26H31FN8O2S2. The van der Waals surface area contributed by atoms with Crippen molar-refractivity contribution < 1.29 is 14.0 Å². The van der Waals surface area contributed by atoms with Gasteiger partial charge in [-0.05, 0) is 62.4 Å². The molecule has 3 aliphatic rings. The normalized spacial score (nSPS) is 22.1. The first-order valence-electron chi connectivity index (χ1n) is 13.1. The summed E-state index contributed by atoms with van der Waals surface area (Å²) in [7, 11) is 0. The molecule has 2 amide bonds. The van der Waals surface area contributed by atoms with Gasteiger partial charge in [-0.1, -0.05) is 36.5 Å². The molecule has 5 rings (SSSR count). The summed E-state index contributed by atoms with van der Waals surface area (Å²) < 4.78 is 14.1. The molecule has 2 aliphatic carbocycles. The molecule has 2 saturated carbocycles. The van der Waals surface area contributed by atoms with Crippen molar-refractivity contribution in [1.82, 2.24) is 25.9 Å². The maximum atomic E-state index is 14.1. The first kappa shape index (κ1) is 27.3. The summed E-state index contributed by atoms with van der Waals surface area (Å²) in [6.07, 6.45) is 8.99. The number of hydrogen-bond acceptors (Lipinski definition) is 9. The molecule has 13 heteroatoms. The van der Waals surface area contributed by atoms with Crippen LogP contribution in [0.1, 0.15) is 55.1 Å². The minimum Gasteiger partial charge on any atom is -0.349 e. The van der Waals surface area contributed by atoms with Crippen molar-refractivity contribution in [3.8, 4) is 0 Å². The van der Waals surface area contributed by atoms with Gasteiger partial charge in [0.25, 0.3) is 0 Å². The third-order valence-electron chi connectivity index (χ3n) is 7.12. The Labute approximate surface area is 235 Å². The van der Waals surface area contributed by atoms with Crippen molar-refractivity contribution in [3.05, 3.63) is 41.6 Å². The molecule has 1 aliphatic heterocycles. The second-order valence-corrected chi connectivity index (χ2v) is 11.8. The molecule has 3 fully saturated rings. The first-order valence-corrected chi connectivity index (χ1v) is 14.3. The van der Waals surface area contributed by atoms with Gasteiger partial charge in [0.2, 0.25) is 16.9 Å². The summed E-state index contributed by atoms with van der Waals surface area (Å²) in [5.74, 6) is 0.927. The highest BCUT2D eigenvalue weighted by Crippen LogP contribution is 2.37. The fourth-order valence-electron chi connectivity index (χ4n) is 4.77. The first-order chi connectivity index (χ1) is 18.8. The van der Waals surface area contributed by atoms with E-state index in [4.69, 9.17) is 12.2 Å². The smallest absolute Gasteiger partial charge is 0.232 e. The average molecular weight is 571 g/mol. The van der Waals surface area contributed by atoms with Crippen molar-refractivity contribution in [2.75, 3.05) is 23.3 Å². The summed E-state index contributed by atoms with van der Waals surface area (Å²) in [5.41, 5.74) is 1.95. The van der Waals surface area contributed by atoms with Gasteiger partial charge in [0.05, 0.1) is 25.2 Å². The van der Waals surface area contributed by atoms with Gasteiger partial charge in [-0.2, -0.15) is 5.10 Å². The SMILES string of the molecule is C=CC1(F)CN(c2cccc(CC(=O)Nc3nnc(C4CCCC(/C=N\NC(=S)NC(=O)C5CC5)C4)s3)n2)C1. The predicted molar refractivity (Wildman–Crippen MR) is 153 cm³/mol. The Morgan fingerprint density at radius 3 is 2.85 bits per heavy atom. The molecule has 0 radical (unpaired) electrons. The van der Waals surface area contributed by atoms with E-state index in [1.54, 1.807) is 12.1 Å². The predicted octanol–water partition coefficient (Wildman–Crippen LogP) is 3.49. The summed E-state index contributed by atoms with van der Waals surface area (Å²) in [4.78, 5) is 30.8. The Morgan fingerprint density at radius 1 is 1.26 bits per heavy atom. The van der Waals surface area contributed by atoms with Crippen LogP contribution < -0.4 is 21.0 Å². The van der Waals surface area contributed by atoms with Crippen LogP contribution >= 0.6 is 23.6 Å². The Hall–Kier alpha value is -3.32. The lowest BCUT2D eigenvalue weighted by Gasteiger charge is -2.43. The molecule has 39 heavy (non-hydrogen) atoms. The molecule has 0 spiro atoms. The number of carbonyl (C=O) groups excluding carboxylic acids is 2. The third kappa shape index (κ3) is 7.21. The molecule has 2 aromatic heterocycles. The molecule has 0 aromatic carbocycles. The van der Waals surface area contributed by atoms with E-state index in [0.29, 0.717) is 16.6 Å². The van der Waals surface area contributed by atoms with E-state index in [9.17, 15) is 14.0 Å². The maximum absolute atomic E-state index is 14.1. The number of hydrazone groups is 1. The molecule has 3 N–H and O–H groups in total. The number of aromatic nitrogens is 3. The molecular weight excluding hydrogens is 539 g/mol. The summed E-state index contributed by atoms with van der Waals surface area (Å²) >= 11 is 6.52. The van der Waals surface area contributed by atoms with E-state index in [1.165, 1.54) is 17.4 Å². The zero-order valence-corrected chi connectivity index (χ0v) is 23.1. The molecule has 10 nitrogen and oxygen atoms in total. The van der Waals surface area contributed by atoms with Crippen LogP contribution in [0.5, 0.6) is 0 Å². The van der Waals surface area contributed by atoms with E-state index in [1.807, 2.05) is 17.2 Å². The van der Waals surface area contributed by atoms with Crippen molar-refractivity contribution in [2.24, 2.45) is 16.9 Å². The van der Waals surface area contributed by atoms with Gasteiger partial charge in [0.1, 0.15) is 10.8 Å². The van der Waals surface area contributed by atoms with Crippen LogP contribution in [0, 0.1) is 11.8 Å². The van der Waals surface area contributed by atoms with Crippen LogP contribution in [-0.4, -0.2) is 57.1 Å². The maximum Gasteiger partial charge on any atom is 0.232 e. The van der Waals surface area contributed by atoms with E-state index in [-0.39, 0.29) is 54.2 Å². The molecule has 1 saturated heterocycles. The van der Waals surface area contributed by atoms with Crippen molar-refractivity contribution in [2.45, 2.75) is 56.5 Å². The number of thiocarbonyl (C=S) groups is 1. The number of carbonyl (C=O) groups is 2. The van der Waals surface area contributed by atoms with Crippen LogP contribution in [0.4, 0.5) is 15.3 Å². The number of amides is 2. The van der Waals surface area contributed by atoms with Gasteiger partial charge in [-0.25, -0.2) is 9.37 Å². The number of hydrogen-bond donors (Lipinski definition) is 3. The number of halogens is 1. The largest absolute Gasteiger partial charge is 0.349 e. The fourth-order valence-corrected chi connectivity index (χ4v) is 5.84. The fraction of sp³-hybridized carbons (Fsp3) is 0.500. The van der Waals surface area contributed by atoms with Crippen LogP contribution in [0.15, 0.2) is 36.0 Å². The topological polar surface area (TPSA) is 125 Å². The lowest BCUT2D eigenvalue weighted by Crippen LogP contribution is -2.58. The van der Waals surface area contributed by atoms with Gasteiger partial charge in [0.15, 0.2) is 10.8 Å². The monoisotopic (exact) mass is 570 g/mol. The lowest BCUT2D eigenvalue weighted by atomic mass is 9.82. The third-order valence-corrected chi connectivity index (χ3v) is 8.31. The number of pyridine rings is 1. The summed E-state index contributed by atoms with van der Waals surface area (Å²) in [5, 5.41) is 19.8. The van der Waals surface area contributed by atoms with Crippen LogP contribution in [0.25, 0.3) is 0 Å². The van der Waals surface area contributed by atoms with Crippen molar-refractivity contribution >= 4 is 57.6 Å². The van der Waals surface area contributed by atoms with E-state index < -0.39 is 5.67 Å². The Morgan fingerprint density at radius 2 is 2.08 bits per heavy atom. The quantitative estimate of drug-likeness (QED) is 0.181. The van der Waals surface area contributed by atoms with Gasteiger partial charge in [-0.15, -0.1) is 10.2 Å². The van der Waals surface area contributed by atoms with Crippen LogP contribution in [0.3, 0.4) is 0 Å². The highest BCUT2D eigenvalue weighted by molar-refractivity contribution is 7.80. The van der Waals surface area contributed by atoms with Gasteiger partial charge >= 0.3 is 0 Å². The second kappa shape index (κ2) is 11.8. The average Bonchev–Trinajstić information content (AvgIpc) is 3.66. The zero-order chi connectivity index (χ0) is 27.4. The highest BCUT2D eigenvalue weighted by Gasteiger charge is 2.41. The molecule has 2 unspecified atom stereocenters. The number of anilines is 2. The van der Waals surface area contributed by atoms with E-state index in [0.717, 1.165) is 43.5 Å². The zero-order valence-electron chi connectivity index (χ0n) is 21.4. The van der Waals surface area contributed by atoms with Gasteiger partial charge in [0, 0.05) is 18.1 Å². The van der Waals surface area contributed by atoms with Crippen LogP contribution in [-0.2, 0) is 16.0 Å². The molecule has 3 heterocycles. The van der Waals surface area contributed by atoms with E-state index in [2.05, 4.69) is 42.9 Å². The van der Waals surface area contributed by atoms with Crippen molar-refractivity contribution in [3.63, 3.8) is 0 Å². The lowest BCUT2D eigenvalue weighted by molar-refractivity contribution is -0.121. The van der Waals surface area contributed by atoms with Crippen LogP contribution in [0.2, 0.25) is 0 Å². The van der Waals surface area contributed by atoms with Gasteiger partial charge < -0.3 is 15.5 Å². The number of nitrogens with zero attached hydrogens (tertiary/aromatic N) is 5. The Balaban J connectivity index is 1.08. The molecule has 206 valence electrons.